The van der Waals surface area contributed by atoms with E-state index in [4.69, 9.17) is 20.4 Å². The third-order valence-corrected chi connectivity index (χ3v) is 2.93. The van der Waals surface area contributed by atoms with E-state index in [0.717, 1.165) is 6.07 Å². The molecule has 0 spiro atoms. The molecule has 9 nitrogen and oxygen atoms in total. The first kappa shape index (κ1) is 16.6. The number of ether oxygens (including phenoxy) is 2. The number of pyridine rings is 1. The fourth-order valence-electron chi connectivity index (χ4n) is 1.38. The molecule has 1 rings (SSSR count). The van der Waals surface area contributed by atoms with Crippen molar-refractivity contribution >= 4 is 11.5 Å². The van der Waals surface area contributed by atoms with Gasteiger partial charge in [0.1, 0.15) is 0 Å². The van der Waals surface area contributed by atoms with Crippen LogP contribution in [0.3, 0.4) is 0 Å². The maximum atomic E-state index is 11.0. The van der Waals surface area contributed by atoms with Crippen LogP contribution in [0.1, 0.15) is 25.8 Å². The van der Waals surface area contributed by atoms with E-state index in [2.05, 4.69) is 10.1 Å². The van der Waals surface area contributed by atoms with E-state index in [1.165, 1.54) is 6.20 Å². The van der Waals surface area contributed by atoms with Crippen LogP contribution in [0.2, 0.25) is 0 Å². The molecule has 0 aliphatic heterocycles. The normalized spacial score (nSPS) is 12.2. The summed E-state index contributed by atoms with van der Waals surface area (Å²) >= 11 is 0. The Balaban J connectivity index is 2.90. The third-order valence-electron chi connectivity index (χ3n) is 2.93. The number of nitro groups is 1. The molecule has 0 aromatic carbocycles. The van der Waals surface area contributed by atoms with Crippen molar-refractivity contribution in [3.05, 3.63) is 27.9 Å². The Morgan fingerprint density at radius 2 is 2.29 bits per heavy atom. The third kappa shape index (κ3) is 4.56. The van der Waals surface area contributed by atoms with E-state index in [9.17, 15) is 10.1 Å². The first-order chi connectivity index (χ1) is 9.80. The van der Waals surface area contributed by atoms with Gasteiger partial charge in [-0.1, -0.05) is 5.16 Å². The molecule has 0 saturated heterocycles. The van der Waals surface area contributed by atoms with Crippen LogP contribution in [0.5, 0.6) is 5.88 Å². The van der Waals surface area contributed by atoms with Gasteiger partial charge in [-0.2, -0.15) is 0 Å². The van der Waals surface area contributed by atoms with E-state index in [0.29, 0.717) is 6.42 Å². The van der Waals surface area contributed by atoms with Crippen LogP contribution in [0.25, 0.3) is 0 Å². The highest BCUT2D eigenvalue weighted by Gasteiger charge is 2.21. The molecule has 0 bridgehead atoms. The van der Waals surface area contributed by atoms with Crippen molar-refractivity contribution in [3.8, 4) is 5.88 Å². The Kier molecular flexibility index (Phi) is 5.42. The molecule has 0 amide bonds. The van der Waals surface area contributed by atoms with Crippen molar-refractivity contribution in [2.24, 2.45) is 10.9 Å². The second-order valence-corrected chi connectivity index (χ2v) is 4.85. The molecule has 21 heavy (non-hydrogen) atoms. The molecular formula is C12H18N4O5. The number of oxime groups is 1. The van der Waals surface area contributed by atoms with Gasteiger partial charge >= 0.3 is 5.69 Å². The van der Waals surface area contributed by atoms with Gasteiger partial charge in [0.15, 0.2) is 5.84 Å². The minimum atomic E-state index is -0.641. The van der Waals surface area contributed by atoms with Crippen LogP contribution in [-0.4, -0.2) is 40.3 Å². The number of nitrogens with zero attached hydrogens (tertiary/aromatic N) is 3. The quantitative estimate of drug-likeness (QED) is 0.254. The van der Waals surface area contributed by atoms with E-state index in [-0.39, 0.29) is 29.6 Å². The number of amidine groups is 1. The Morgan fingerprint density at radius 3 is 2.81 bits per heavy atom. The van der Waals surface area contributed by atoms with Crippen molar-refractivity contribution in [1.82, 2.24) is 4.98 Å². The van der Waals surface area contributed by atoms with Gasteiger partial charge in [0.05, 0.1) is 17.1 Å². The Bertz CT molecular complexity index is 544. The molecule has 0 aliphatic carbocycles. The number of nitrogens with two attached hydrogens (primary N) is 1. The highest BCUT2D eigenvalue weighted by atomic mass is 16.6. The summed E-state index contributed by atoms with van der Waals surface area (Å²) < 4.78 is 10.6. The lowest BCUT2D eigenvalue weighted by Crippen LogP contribution is -2.25. The van der Waals surface area contributed by atoms with Crippen LogP contribution in [0, 0.1) is 10.1 Å². The van der Waals surface area contributed by atoms with Gasteiger partial charge in [0.25, 0.3) is 5.88 Å². The molecule has 0 aliphatic rings. The summed E-state index contributed by atoms with van der Waals surface area (Å²) in [6.45, 7) is 3.96. The second kappa shape index (κ2) is 6.84. The van der Waals surface area contributed by atoms with Crippen LogP contribution in [0.4, 0.5) is 5.69 Å². The molecule has 3 N–H and O–H groups in total. The topological polar surface area (TPSA) is 133 Å². The van der Waals surface area contributed by atoms with Crippen molar-refractivity contribution in [3.63, 3.8) is 0 Å². The lowest BCUT2D eigenvalue weighted by atomic mass is 10.1. The Hall–Kier alpha value is -2.42. The Labute approximate surface area is 121 Å². The smallest absolute Gasteiger partial charge is 0.331 e. The summed E-state index contributed by atoms with van der Waals surface area (Å²) in [4.78, 5) is 14.2. The summed E-state index contributed by atoms with van der Waals surface area (Å²) in [5.41, 5.74) is 4.75. The predicted molar refractivity (Wildman–Crippen MR) is 74.6 cm³/mol. The lowest BCUT2D eigenvalue weighted by Gasteiger charge is -2.22. The second-order valence-electron chi connectivity index (χ2n) is 4.85. The molecular weight excluding hydrogens is 280 g/mol. The average molecular weight is 298 g/mol. The van der Waals surface area contributed by atoms with Crippen molar-refractivity contribution in [1.29, 1.82) is 0 Å². The summed E-state index contributed by atoms with van der Waals surface area (Å²) in [5, 5.41) is 22.4. The fraction of sp³-hybridized carbons (Fsp3) is 0.500. The molecule has 1 heterocycles. The number of hydrogen-bond donors (Lipinski definition) is 2. The number of aromatic nitrogens is 1. The fourth-order valence-corrected chi connectivity index (χ4v) is 1.38. The van der Waals surface area contributed by atoms with Gasteiger partial charge in [-0.15, -0.1) is 0 Å². The molecule has 0 radical (unpaired) electrons. The molecule has 116 valence electrons. The van der Waals surface area contributed by atoms with Crippen LogP contribution in [-0.2, 0) is 4.74 Å². The van der Waals surface area contributed by atoms with E-state index in [1.807, 2.05) is 13.8 Å². The van der Waals surface area contributed by atoms with Gasteiger partial charge in [0.2, 0.25) is 0 Å². The van der Waals surface area contributed by atoms with Gasteiger partial charge in [-0.3, -0.25) is 10.1 Å². The lowest BCUT2D eigenvalue weighted by molar-refractivity contribution is -0.386. The minimum absolute atomic E-state index is 0.124. The maximum Gasteiger partial charge on any atom is 0.331 e. The van der Waals surface area contributed by atoms with Crippen molar-refractivity contribution in [2.45, 2.75) is 25.9 Å². The molecule has 9 heteroatoms. The zero-order chi connectivity index (χ0) is 16.0. The van der Waals surface area contributed by atoms with Crippen LogP contribution >= 0.6 is 0 Å². The highest BCUT2D eigenvalue weighted by molar-refractivity contribution is 5.97. The van der Waals surface area contributed by atoms with E-state index in [1.54, 1.807) is 7.11 Å². The summed E-state index contributed by atoms with van der Waals surface area (Å²) in [7, 11) is 1.58. The molecule has 0 saturated carbocycles. The monoisotopic (exact) mass is 298 g/mol. The van der Waals surface area contributed by atoms with Crippen LogP contribution in [0.15, 0.2) is 17.4 Å². The number of methoxy groups -OCH3 is 1. The maximum absolute atomic E-state index is 11.0. The van der Waals surface area contributed by atoms with Crippen molar-refractivity contribution in [2.75, 3.05) is 13.7 Å². The minimum Gasteiger partial charge on any atom is -0.473 e. The van der Waals surface area contributed by atoms with Gasteiger partial charge < -0.3 is 20.4 Å². The van der Waals surface area contributed by atoms with Crippen LogP contribution < -0.4 is 10.5 Å². The number of hydrogen-bond acceptors (Lipinski definition) is 7. The van der Waals surface area contributed by atoms with Gasteiger partial charge in [-0.05, 0) is 13.8 Å². The molecule has 0 atom stereocenters. The van der Waals surface area contributed by atoms with E-state index < -0.39 is 10.5 Å². The van der Waals surface area contributed by atoms with Gasteiger partial charge in [0, 0.05) is 31.4 Å². The SMILES string of the molecule is COC(C)(C)CCOc1ncc(C(N)=NO)cc1[N+](=O)[O-]. The standard InChI is InChI=1S/C12H18N4O5/c1-12(2,20-3)4-5-21-11-9(16(18)19)6-8(7-14-11)10(13)15-17/h6-7,17H,4-5H2,1-3H3,(H2,13,15). The van der Waals surface area contributed by atoms with Crippen molar-refractivity contribution < 1.29 is 19.6 Å². The highest BCUT2D eigenvalue weighted by Crippen LogP contribution is 2.25. The average Bonchev–Trinajstić information content (AvgIpc) is 2.46. The zero-order valence-electron chi connectivity index (χ0n) is 12.1. The zero-order valence-corrected chi connectivity index (χ0v) is 12.1. The van der Waals surface area contributed by atoms with Gasteiger partial charge in [-0.25, -0.2) is 4.98 Å². The summed E-state index contributed by atoms with van der Waals surface area (Å²) in [5.74, 6) is -0.390. The molecule has 0 fully saturated rings. The predicted octanol–water partition coefficient (Wildman–Crippen LogP) is 1.28. The summed E-state index contributed by atoms with van der Waals surface area (Å²) in [6.07, 6.45) is 1.77. The molecule has 1 aromatic rings. The largest absolute Gasteiger partial charge is 0.473 e. The first-order valence-corrected chi connectivity index (χ1v) is 6.11. The Morgan fingerprint density at radius 1 is 1.62 bits per heavy atom. The molecule has 0 unspecified atom stereocenters. The molecule has 1 aromatic heterocycles. The first-order valence-electron chi connectivity index (χ1n) is 6.11. The summed E-state index contributed by atoms with van der Waals surface area (Å²) in [6, 6.07) is 1.14. The number of rotatable bonds is 7. The van der Waals surface area contributed by atoms with E-state index >= 15 is 0 Å².